The van der Waals surface area contributed by atoms with Gasteiger partial charge in [-0.05, 0) is 74.9 Å². The highest BCUT2D eigenvalue weighted by Crippen LogP contribution is 2.29. The van der Waals surface area contributed by atoms with Crippen LogP contribution in [0.2, 0.25) is 0 Å². The van der Waals surface area contributed by atoms with Gasteiger partial charge in [0.15, 0.2) is 5.82 Å². The minimum Gasteiger partial charge on any atom is -0.369 e. The fourth-order valence-corrected chi connectivity index (χ4v) is 3.63. The van der Waals surface area contributed by atoms with Crippen LogP contribution < -0.4 is 5.32 Å². The summed E-state index contributed by atoms with van der Waals surface area (Å²) in [6.45, 7) is 6.21. The zero-order valence-electron chi connectivity index (χ0n) is 17.7. The van der Waals surface area contributed by atoms with E-state index < -0.39 is 0 Å². The van der Waals surface area contributed by atoms with Crippen LogP contribution in [0.15, 0.2) is 54.6 Å². The highest BCUT2D eigenvalue weighted by molar-refractivity contribution is 5.94. The van der Waals surface area contributed by atoms with Gasteiger partial charge >= 0.3 is 0 Å². The van der Waals surface area contributed by atoms with Crippen molar-refractivity contribution in [3.05, 3.63) is 65.7 Å². The molecule has 4 nitrogen and oxygen atoms in total. The van der Waals surface area contributed by atoms with Crippen LogP contribution in [0.1, 0.15) is 17.5 Å². The molecule has 0 radical (unpaired) electrons. The highest BCUT2D eigenvalue weighted by atomic mass is 15.1. The number of nitrogens with zero attached hydrogens (tertiary/aromatic N) is 3. The number of anilines is 1. The van der Waals surface area contributed by atoms with Gasteiger partial charge in [0.05, 0.1) is 5.52 Å². The Kier molecular flexibility index (Phi) is 5.45. The molecule has 0 unspecified atom stereocenters. The van der Waals surface area contributed by atoms with E-state index in [-0.39, 0.29) is 0 Å². The summed E-state index contributed by atoms with van der Waals surface area (Å²) in [6.07, 6.45) is 1.06. The fraction of sp³-hybridized carbons (Fsp3) is 0.280. The molecule has 4 heteroatoms. The van der Waals surface area contributed by atoms with Crippen LogP contribution in [0.4, 0.5) is 5.82 Å². The van der Waals surface area contributed by atoms with E-state index in [4.69, 9.17) is 9.97 Å². The number of aromatic nitrogens is 2. The molecule has 0 saturated carbocycles. The molecule has 0 aliphatic heterocycles. The van der Waals surface area contributed by atoms with Crippen molar-refractivity contribution in [2.24, 2.45) is 0 Å². The van der Waals surface area contributed by atoms with Crippen LogP contribution in [0.25, 0.3) is 33.1 Å². The van der Waals surface area contributed by atoms with E-state index in [2.05, 4.69) is 92.8 Å². The third-order valence-corrected chi connectivity index (χ3v) is 5.47. The SMILES string of the molecule is Cc1ccc2c(NCCCN(C)C)nc(-c3ccc4ccccc4c3)nc2c1C. The molecule has 0 bridgehead atoms. The summed E-state index contributed by atoms with van der Waals surface area (Å²) in [7, 11) is 4.20. The van der Waals surface area contributed by atoms with E-state index in [1.54, 1.807) is 0 Å². The summed E-state index contributed by atoms with van der Waals surface area (Å²) < 4.78 is 0. The first-order valence-corrected chi connectivity index (χ1v) is 10.2. The number of rotatable bonds is 6. The van der Waals surface area contributed by atoms with Gasteiger partial charge in [0, 0.05) is 17.5 Å². The first-order chi connectivity index (χ1) is 14.0. The van der Waals surface area contributed by atoms with E-state index in [9.17, 15) is 0 Å². The van der Waals surface area contributed by atoms with Crippen molar-refractivity contribution in [1.29, 1.82) is 0 Å². The molecule has 3 aromatic carbocycles. The second kappa shape index (κ2) is 8.18. The van der Waals surface area contributed by atoms with E-state index in [1.807, 2.05) is 0 Å². The molecule has 4 aromatic rings. The molecule has 1 heterocycles. The summed E-state index contributed by atoms with van der Waals surface area (Å²) in [5.74, 6) is 1.69. The van der Waals surface area contributed by atoms with Crippen LogP contribution in [0, 0.1) is 13.8 Å². The molecule has 0 saturated heterocycles. The Morgan fingerprint density at radius 3 is 2.48 bits per heavy atom. The Morgan fingerprint density at radius 1 is 0.897 bits per heavy atom. The van der Waals surface area contributed by atoms with Gasteiger partial charge < -0.3 is 10.2 Å². The molecule has 1 aromatic heterocycles. The largest absolute Gasteiger partial charge is 0.369 e. The predicted octanol–water partition coefficient (Wildman–Crippen LogP) is 5.43. The van der Waals surface area contributed by atoms with Crippen LogP contribution in [-0.4, -0.2) is 42.1 Å². The van der Waals surface area contributed by atoms with Crippen molar-refractivity contribution in [1.82, 2.24) is 14.9 Å². The van der Waals surface area contributed by atoms with Gasteiger partial charge in [0.2, 0.25) is 0 Å². The Labute approximate surface area is 172 Å². The van der Waals surface area contributed by atoms with Crippen LogP contribution in [0.3, 0.4) is 0 Å². The topological polar surface area (TPSA) is 41.0 Å². The van der Waals surface area contributed by atoms with E-state index in [0.717, 1.165) is 47.6 Å². The van der Waals surface area contributed by atoms with Crippen LogP contribution in [0.5, 0.6) is 0 Å². The summed E-state index contributed by atoms with van der Waals surface area (Å²) in [6, 6.07) is 19.1. The van der Waals surface area contributed by atoms with Crippen molar-refractivity contribution in [3.63, 3.8) is 0 Å². The van der Waals surface area contributed by atoms with Crippen LogP contribution in [-0.2, 0) is 0 Å². The quantitative estimate of drug-likeness (QED) is 0.450. The number of fused-ring (bicyclic) bond motifs is 2. The van der Waals surface area contributed by atoms with Crippen molar-refractivity contribution >= 4 is 27.5 Å². The Morgan fingerprint density at radius 2 is 1.69 bits per heavy atom. The molecule has 0 atom stereocenters. The summed E-state index contributed by atoms with van der Waals surface area (Å²) >= 11 is 0. The van der Waals surface area contributed by atoms with Gasteiger partial charge in [0.1, 0.15) is 5.82 Å². The van der Waals surface area contributed by atoms with Gasteiger partial charge in [0.25, 0.3) is 0 Å². The van der Waals surface area contributed by atoms with E-state index in [1.165, 1.54) is 21.9 Å². The Balaban J connectivity index is 1.79. The Bertz CT molecular complexity index is 1160. The average Bonchev–Trinajstić information content (AvgIpc) is 2.73. The first kappa shape index (κ1) is 19.3. The molecule has 29 heavy (non-hydrogen) atoms. The minimum absolute atomic E-state index is 0.770. The smallest absolute Gasteiger partial charge is 0.162 e. The van der Waals surface area contributed by atoms with Gasteiger partial charge in [-0.15, -0.1) is 0 Å². The maximum absolute atomic E-state index is 4.97. The van der Waals surface area contributed by atoms with E-state index >= 15 is 0 Å². The average molecular weight is 385 g/mol. The summed E-state index contributed by atoms with van der Waals surface area (Å²) in [5, 5.41) is 7.08. The minimum atomic E-state index is 0.770. The van der Waals surface area contributed by atoms with Gasteiger partial charge in [-0.2, -0.15) is 0 Å². The number of aryl methyl sites for hydroxylation is 2. The normalized spacial score (nSPS) is 11.5. The highest BCUT2D eigenvalue weighted by Gasteiger charge is 2.12. The molecular formula is C25H28N4. The third-order valence-electron chi connectivity index (χ3n) is 5.47. The van der Waals surface area contributed by atoms with Crippen molar-refractivity contribution in [2.75, 3.05) is 32.5 Å². The molecule has 0 amide bonds. The maximum atomic E-state index is 4.97. The molecule has 1 N–H and O–H groups in total. The number of nitrogens with one attached hydrogen (secondary N) is 1. The second-order valence-electron chi connectivity index (χ2n) is 7.94. The molecule has 0 aliphatic rings. The molecule has 148 valence electrons. The van der Waals surface area contributed by atoms with E-state index in [0.29, 0.717) is 0 Å². The first-order valence-electron chi connectivity index (χ1n) is 10.2. The number of hydrogen-bond acceptors (Lipinski definition) is 4. The lowest BCUT2D eigenvalue weighted by molar-refractivity contribution is 0.405. The van der Waals surface area contributed by atoms with Crippen molar-refractivity contribution < 1.29 is 0 Å². The third kappa shape index (κ3) is 4.08. The fourth-order valence-electron chi connectivity index (χ4n) is 3.63. The van der Waals surface area contributed by atoms with Gasteiger partial charge in [-0.25, -0.2) is 9.97 Å². The standard InChI is InChI=1S/C25H28N4/c1-17-10-13-22-23(18(17)2)27-24(28-25(22)26-14-7-15-29(3)4)21-12-11-19-8-5-6-9-20(19)16-21/h5-6,8-13,16H,7,14-15H2,1-4H3,(H,26,27,28). The molecule has 4 rings (SSSR count). The van der Waals surface area contributed by atoms with Gasteiger partial charge in [-0.3, -0.25) is 0 Å². The zero-order chi connectivity index (χ0) is 20.4. The number of benzene rings is 3. The molecular weight excluding hydrogens is 356 g/mol. The van der Waals surface area contributed by atoms with Gasteiger partial charge in [-0.1, -0.05) is 42.5 Å². The second-order valence-corrected chi connectivity index (χ2v) is 7.94. The zero-order valence-corrected chi connectivity index (χ0v) is 17.7. The monoisotopic (exact) mass is 384 g/mol. The van der Waals surface area contributed by atoms with Crippen LogP contribution >= 0.6 is 0 Å². The maximum Gasteiger partial charge on any atom is 0.162 e. The lowest BCUT2D eigenvalue weighted by atomic mass is 10.0. The molecule has 0 aliphatic carbocycles. The predicted molar refractivity (Wildman–Crippen MR) is 124 cm³/mol. The molecule has 0 fully saturated rings. The summed E-state index contributed by atoms with van der Waals surface area (Å²) in [4.78, 5) is 12.1. The van der Waals surface area contributed by atoms with Crippen molar-refractivity contribution in [3.8, 4) is 11.4 Å². The Hall–Kier alpha value is -2.98. The summed E-state index contributed by atoms with van der Waals surface area (Å²) in [5.41, 5.74) is 4.53. The number of hydrogen-bond donors (Lipinski definition) is 1. The van der Waals surface area contributed by atoms with Crippen molar-refractivity contribution in [2.45, 2.75) is 20.3 Å². The molecule has 0 spiro atoms. The lowest BCUT2D eigenvalue weighted by Gasteiger charge is -2.15. The lowest BCUT2D eigenvalue weighted by Crippen LogP contribution is -2.17.